The van der Waals surface area contributed by atoms with Gasteiger partial charge in [0, 0.05) is 80.7 Å². The summed E-state index contributed by atoms with van der Waals surface area (Å²) in [5, 5.41) is 47.0. The number of nitrogens with zero attached hydrogens (tertiary/aromatic N) is 3. The molecule has 6 N–H and O–H groups in total. The third-order valence-corrected chi connectivity index (χ3v) is 23.6. The largest absolute Gasteiger partial charge is 0.494 e. The fraction of sp³-hybridized carbons (Fsp3) is 0.577. The van der Waals surface area contributed by atoms with Gasteiger partial charge in [-0.1, -0.05) is 80.7 Å². The summed E-state index contributed by atoms with van der Waals surface area (Å²) in [7, 11) is -1.51. The highest BCUT2D eigenvalue weighted by Crippen LogP contribution is 2.48. The number of carbonyl (C=O) groups is 6. The number of anilines is 4. The lowest BCUT2D eigenvalue weighted by atomic mass is 9.77. The van der Waals surface area contributed by atoms with E-state index < -0.39 is 83.3 Å². The first-order valence-corrected chi connectivity index (χ1v) is 35.4. The maximum absolute atomic E-state index is 13.2. The molecule has 520 valence electrons. The molecule has 4 aromatic rings. The van der Waals surface area contributed by atoms with Crippen LogP contribution in [0.2, 0.25) is 0 Å². The van der Waals surface area contributed by atoms with Gasteiger partial charge < -0.3 is 73.7 Å². The molecule has 7 fully saturated rings. The number of carbonyl (C=O) groups excluding carboxylic acids is 6. The van der Waals surface area contributed by atoms with Gasteiger partial charge in [-0.25, -0.2) is 0 Å². The van der Waals surface area contributed by atoms with Crippen molar-refractivity contribution in [2.45, 2.75) is 248 Å². The lowest BCUT2D eigenvalue weighted by Crippen LogP contribution is -2.57. The van der Waals surface area contributed by atoms with Crippen molar-refractivity contribution in [1.82, 2.24) is 4.90 Å². The zero-order valence-electron chi connectivity index (χ0n) is 58.5. The second-order valence-electron chi connectivity index (χ2n) is 31.4. The molecule has 26 heteroatoms. The van der Waals surface area contributed by atoms with E-state index in [0.717, 1.165) is 52.2 Å². The van der Waals surface area contributed by atoms with Crippen LogP contribution in [0.1, 0.15) is 191 Å². The van der Waals surface area contributed by atoms with Crippen LogP contribution in [-0.4, -0.2) is 152 Å². The van der Waals surface area contributed by atoms with Gasteiger partial charge in [-0.15, -0.1) is 0 Å². The minimum absolute atomic E-state index is 0.137. The van der Waals surface area contributed by atoms with Crippen LogP contribution < -0.4 is 36.8 Å². The second kappa shape index (κ2) is 25.4. The van der Waals surface area contributed by atoms with Crippen molar-refractivity contribution in [3.05, 3.63) is 99.5 Å². The van der Waals surface area contributed by atoms with Crippen LogP contribution in [0.4, 0.5) is 22.7 Å². The number of fused-ring (bicyclic) bond motifs is 4. The highest BCUT2D eigenvalue weighted by Gasteiger charge is 2.58. The van der Waals surface area contributed by atoms with Crippen molar-refractivity contribution in [1.29, 1.82) is 0 Å². The van der Waals surface area contributed by atoms with E-state index in [0.29, 0.717) is 68.8 Å². The smallest absolute Gasteiger partial charge is 0.399 e. The monoisotopic (exact) mass is 1460 g/mol. The molecule has 4 atom stereocenters. The summed E-state index contributed by atoms with van der Waals surface area (Å²) >= 11 is 6.57. The molecule has 21 nitrogen and oxygen atoms in total. The van der Waals surface area contributed by atoms with Crippen LogP contribution >= 0.6 is 31.9 Å². The molecule has 3 saturated carbocycles. The number of aliphatic hydroxyl groups is 4. The van der Waals surface area contributed by atoms with Gasteiger partial charge >= 0.3 is 21.4 Å². The average Bonchev–Trinajstić information content (AvgIpc) is 1.58. The van der Waals surface area contributed by atoms with Gasteiger partial charge in [0.1, 0.15) is 11.6 Å². The Hall–Kier alpha value is -5.19. The van der Waals surface area contributed by atoms with Crippen LogP contribution in [0.3, 0.4) is 0 Å². The molecule has 0 aromatic heterocycles. The van der Waals surface area contributed by atoms with Gasteiger partial charge in [-0.2, -0.15) is 0 Å². The second-order valence-corrected chi connectivity index (χ2v) is 33.6. The summed E-state index contributed by atoms with van der Waals surface area (Å²) in [4.78, 5) is 77.1. The van der Waals surface area contributed by atoms with Gasteiger partial charge in [0.2, 0.25) is 0 Å². The summed E-state index contributed by atoms with van der Waals surface area (Å²) in [5.74, 6) is -0.856. The molecular weight excluding hydrogens is 1370 g/mol. The van der Waals surface area contributed by atoms with E-state index in [1.54, 1.807) is 48.2 Å². The van der Waals surface area contributed by atoms with Gasteiger partial charge in [0.05, 0.1) is 51.0 Å². The summed E-state index contributed by atoms with van der Waals surface area (Å²) in [6.07, 6.45) is 8.00. The van der Waals surface area contributed by atoms with Crippen LogP contribution in [-0.2, 0) is 79.1 Å². The number of likely N-dealkylation sites (tertiary alicyclic amines) is 1. The maximum atomic E-state index is 13.2. The predicted molar refractivity (Wildman–Crippen MR) is 378 cm³/mol. The summed E-state index contributed by atoms with van der Waals surface area (Å²) in [5.41, 5.74) is -0.852. The first-order valence-electron chi connectivity index (χ1n) is 33.7. The number of ketones is 2. The van der Waals surface area contributed by atoms with Crippen molar-refractivity contribution < 1.29 is 77.1 Å². The number of amides is 4. The number of hydrogen-bond acceptors (Lipinski definition) is 17. The minimum atomic E-state index is -1.58. The maximum Gasteiger partial charge on any atom is 0.494 e. The molecule has 15 rings (SSSR count). The van der Waals surface area contributed by atoms with Crippen LogP contribution in [0.25, 0.3) is 0 Å². The quantitative estimate of drug-likeness (QED) is 0.0797. The third kappa shape index (κ3) is 13.3. The first-order chi connectivity index (χ1) is 44.8. The SMILES string of the molecule is CC1(O)C(=O)N(C2CC(=O)C2)c2cc(B3OC(C)(C)C(C)(C)O3)ccc21.CC1(O)C(=O)N(C2CC(N3CCCCC3)C2)c2cc(B3OC(C)(C)C(C)(C)O3)ccc21.CC1(O)C(=O)Nc2cc(B3OC(C)(C)C(C)(C)O3)ccc21.CC1(O)C(=O)Nc2cc(Br)ccc21.O=C1CC(Br)C1. The van der Waals surface area contributed by atoms with Crippen molar-refractivity contribution in [3.8, 4) is 0 Å². The Balaban J connectivity index is 0.000000131. The standard InChI is InChI=1S/C24H35BN2O4.C19H24BNO5.C15H20BNO4.C9H8BrNO2.C4H5BrO/c1-22(2)23(3,4)31-25(30-22)16-9-10-19-20(13-16)27(21(28)24(19,5)29)18-14-17(15-18)26-11-7-6-8-12-26;1-17(2)18(3,4)26-20(25-17)11-6-7-14-15(8-11)21(12-9-13(22)10-12)16(23)19(14,5)24;1-13(2)14(3,4)21-16(20-13)9-6-7-10-11(8-9)17-12(18)15(10,5)19;1-9(13)6-3-2-5(10)4-7(6)11-8(9)12;5-3-1-4(6)2-3/h9-10,13,17-18,29H,6-8,11-12,14-15H2,1-5H3;6-8,12,24H,9-10H2,1-5H3;6-8,19H,1-5H3,(H,17,18);2-4,13H,1H3,(H,11,12);3H,1-2H2. The van der Waals surface area contributed by atoms with E-state index in [-0.39, 0.29) is 35.6 Å². The number of alkyl halides is 1. The number of rotatable bonds is 6. The molecule has 3 aliphatic carbocycles. The average molecular weight is 1460 g/mol. The zero-order chi connectivity index (χ0) is 71.1. The Kier molecular flexibility index (Phi) is 19.1. The number of nitrogens with one attached hydrogen (secondary N) is 2. The first kappa shape index (κ1) is 73.0. The summed E-state index contributed by atoms with van der Waals surface area (Å²) in [6, 6.07) is 22.4. The van der Waals surface area contributed by atoms with Crippen molar-refractivity contribution in [3.63, 3.8) is 0 Å². The third-order valence-electron chi connectivity index (χ3n) is 22.5. The zero-order valence-corrected chi connectivity index (χ0v) is 61.7. The molecule has 8 aliphatic heterocycles. The van der Waals surface area contributed by atoms with Crippen LogP contribution in [0.15, 0.2) is 77.3 Å². The minimum Gasteiger partial charge on any atom is -0.399 e. The Morgan fingerprint density at radius 2 is 0.763 bits per heavy atom. The Morgan fingerprint density at radius 1 is 0.423 bits per heavy atom. The molecule has 8 heterocycles. The predicted octanol–water partition coefficient (Wildman–Crippen LogP) is 7.70. The van der Waals surface area contributed by atoms with E-state index in [4.69, 9.17) is 27.9 Å². The van der Waals surface area contributed by atoms with E-state index in [2.05, 4.69) is 47.4 Å². The van der Waals surface area contributed by atoms with E-state index >= 15 is 0 Å². The fourth-order valence-electron chi connectivity index (χ4n) is 13.6. The van der Waals surface area contributed by atoms with Crippen LogP contribution in [0, 0.1) is 0 Å². The Morgan fingerprint density at radius 3 is 1.12 bits per heavy atom. The molecule has 11 aliphatic rings. The Bertz CT molecular complexity index is 3780. The number of hydrogen-bond donors (Lipinski definition) is 6. The topological polar surface area (TPSA) is 272 Å². The summed E-state index contributed by atoms with van der Waals surface area (Å²) in [6.45, 7) is 32.5. The van der Waals surface area contributed by atoms with Crippen molar-refractivity contribution >= 4 is 128 Å². The molecule has 4 aromatic carbocycles. The van der Waals surface area contributed by atoms with Gasteiger partial charge in [0.25, 0.3) is 23.6 Å². The highest BCUT2D eigenvalue weighted by atomic mass is 79.9. The van der Waals surface area contributed by atoms with E-state index in [1.165, 1.54) is 53.1 Å². The Labute approximate surface area is 586 Å². The molecule has 0 spiro atoms. The number of benzene rings is 4. The molecular formula is C71H92B3Br2N5O16. The molecule has 0 radical (unpaired) electrons. The van der Waals surface area contributed by atoms with Gasteiger partial charge in [0.15, 0.2) is 22.4 Å². The van der Waals surface area contributed by atoms with Gasteiger partial charge in [-0.3, -0.25) is 28.8 Å². The van der Waals surface area contributed by atoms with E-state index in [1.807, 2.05) is 124 Å². The number of piperidine rings is 1. The molecule has 4 amide bonds. The fourth-order valence-corrected chi connectivity index (χ4v) is 14.7. The lowest BCUT2D eigenvalue weighted by Gasteiger charge is -2.47. The van der Waals surface area contributed by atoms with Gasteiger partial charge in [-0.05, 0) is 196 Å². The number of Topliss-reactive ketones (excluding diaryl/α,β-unsaturated/α-hetero) is 2. The van der Waals surface area contributed by atoms with Crippen LogP contribution in [0.5, 0.6) is 0 Å². The molecule has 0 bridgehead atoms. The van der Waals surface area contributed by atoms with Crippen molar-refractivity contribution in [2.75, 3.05) is 33.5 Å². The molecule has 97 heavy (non-hydrogen) atoms. The molecule has 4 saturated heterocycles. The number of halogens is 2. The molecule has 4 unspecified atom stereocenters. The lowest BCUT2D eigenvalue weighted by molar-refractivity contribution is -0.136. The van der Waals surface area contributed by atoms with Crippen molar-refractivity contribution in [2.24, 2.45) is 0 Å². The van der Waals surface area contributed by atoms with E-state index in [9.17, 15) is 49.2 Å². The normalized spacial score (nSPS) is 30.4. The highest BCUT2D eigenvalue weighted by molar-refractivity contribution is 9.10. The summed E-state index contributed by atoms with van der Waals surface area (Å²) < 4.78 is 37.5.